The fraction of sp³-hybridized carbons (Fsp3) is 0.400. The number of aliphatic hydroxyl groups excluding tert-OH is 4. The van der Waals surface area contributed by atoms with Crippen molar-refractivity contribution in [2.45, 2.75) is 80.9 Å². The molecule has 0 unspecified atom stereocenters. The van der Waals surface area contributed by atoms with Crippen molar-refractivity contribution in [3.63, 3.8) is 0 Å². The zero-order valence-corrected chi connectivity index (χ0v) is 35.8. The van der Waals surface area contributed by atoms with E-state index in [1.807, 2.05) is 54.6 Å². The Morgan fingerprint density at radius 3 is 2.26 bits per heavy atom. The molecule has 12 N–H and O–H groups in total. The van der Waals surface area contributed by atoms with Crippen LogP contribution in [0.2, 0.25) is 0 Å². The molecule has 348 valence electrons. The maximum Gasteiger partial charge on any atom is 0.251 e. The minimum absolute atomic E-state index is 0.0409. The molecule has 5 rings (SSSR count). The molecule has 1 aromatic heterocycles. The molecular formula is C45H56N8O12. The van der Waals surface area contributed by atoms with E-state index in [0.29, 0.717) is 5.56 Å². The number of allylic oxidation sites excluding steroid dienone is 4. The molecule has 65 heavy (non-hydrogen) atoms. The van der Waals surface area contributed by atoms with E-state index in [4.69, 9.17) is 0 Å². The topological polar surface area (TPSA) is 312 Å². The molecule has 20 heteroatoms. The second kappa shape index (κ2) is 22.8. The number of para-hydroxylation sites is 1. The van der Waals surface area contributed by atoms with E-state index in [1.165, 1.54) is 20.0 Å². The maximum atomic E-state index is 13.6. The third-order valence-corrected chi connectivity index (χ3v) is 11.0. The number of hydrogen-bond donors (Lipinski definition) is 12. The molecule has 2 aromatic carbocycles. The summed E-state index contributed by atoms with van der Waals surface area (Å²) >= 11 is 0. The van der Waals surface area contributed by atoms with E-state index in [1.54, 1.807) is 36.6 Å². The number of nitrogens with zero attached hydrogens (tertiary/aromatic N) is 1. The van der Waals surface area contributed by atoms with Gasteiger partial charge in [0.25, 0.3) is 5.91 Å². The summed E-state index contributed by atoms with van der Waals surface area (Å²) in [6.07, 6.45) is 1.91. The Hall–Kier alpha value is -6.71. The number of fused-ring (bicyclic) bond motifs is 2. The van der Waals surface area contributed by atoms with Gasteiger partial charge in [0.2, 0.25) is 35.4 Å². The van der Waals surface area contributed by atoms with Gasteiger partial charge >= 0.3 is 0 Å². The lowest BCUT2D eigenvalue weighted by molar-refractivity contribution is -0.145. The number of nitrogens with one attached hydrogen (secondary N) is 7. The number of aliphatic hydroxyl groups is 5. The monoisotopic (exact) mass is 900 g/mol. The van der Waals surface area contributed by atoms with Crippen LogP contribution in [0.15, 0.2) is 91.2 Å². The van der Waals surface area contributed by atoms with Crippen LogP contribution in [-0.2, 0) is 40.0 Å². The number of H-pyrrole nitrogens is 1. The molecule has 2 saturated heterocycles. The van der Waals surface area contributed by atoms with Gasteiger partial charge in [0.15, 0.2) is 11.8 Å². The molecule has 0 bridgehead atoms. The molecule has 9 atom stereocenters. The lowest BCUT2D eigenvalue weighted by Gasteiger charge is -2.34. The number of aromatic amines is 1. The molecule has 0 saturated carbocycles. The zero-order valence-electron chi connectivity index (χ0n) is 35.8. The van der Waals surface area contributed by atoms with Gasteiger partial charge in [-0.2, -0.15) is 0 Å². The summed E-state index contributed by atoms with van der Waals surface area (Å²) < 4.78 is 0. The largest absolute Gasteiger partial charge is 0.391 e. The minimum Gasteiger partial charge on any atom is -0.391 e. The number of rotatable bonds is 9. The van der Waals surface area contributed by atoms with Crippen molar-refractivity contribution in [1.29, 1.82) is 0 Å². The Morgan fingerprint density at radius 2 is 1.51 bits per heavy atom. The summed E-state index contributed by atoms with van der Waals surface area (Å²) in [5.74, 6) is -7.22. The van der Waals surface area contributed by atoms with Gasteiger partial charge in [-0.05, 0) is 17.2 Å². The quantitative estimate of drug-likeness (QED) is 0.102. The van der Waals surface area contributed by atoms with Crippen molar-refractivity contribution < 1.29 is 59.1 Å². The average Bonchev–Trinajstić information content (AvgIpc) is 3.81. The van der Waals surface area contributed by atoms with E-state index in [2.05, 4.69) is 36.9 Å². The van der Waals surface area contributed by atoms with Crippen LogP contribution in [0.3, 0.4) is 0 Å². The first-order valence-electron chi connectivity index (χ1n) is 21.0. The molecule has 2 fully saturated rings. The summed E-state index contributed by atoms with van der Waals surface area (Å²) in [6, 6.07) is 12.0. The second-order valence-electron chi connectivity index (χ2n) is 16.1. The van der Waals surface area contributed by atoms with Gasteiger partial charge in [-0.3, -0.25) is 33.6 Å². The molecule has 0 radical (unpaired) electrons. The van der Waals surface area contributed by atoms with Gasteiger partial charge in [0, 0.05) is 43.0 Å². The smallest absolute Gasteiger partial charge is 0.251 e. The number of benzene rings is 2. The fourth-order valence-corrected chi connectivity index (χ4v) is 7.33. The number of amides is 7. The number of carbonyl (C=O) groups is 7. The molecule has 2 aliphatic heterocycles. The SMILES string of the molecule is C[C@H](/C=C/C=C/C=C/c1ccccc1)[C@H](O)[C@@H](O)[C@H]1NC(=O)C[C@H](O)CNC(=O)CNC(=O)[C@@H](Cc2c[nH]c3ccccc23)NC(=O)CN(C)C(=O)C[C@]2(O)NC(=O)C[C@H]2NC(=O)[C@@H]1O. The Morgan fingerprint density at radius 1 is 0.800 bits per heavy atom. The summed E-state index contributed by atoms with van der Waals surface area (Å²) in [5.41, 5.74) is -0.0654. The zero-order chi connectivity index (χ0) is 47.3. The molecular weight excluding hydrogens is 845 g/mol. The predicted molar refractivity (Wildman–Crippen MR) is 235 cm³/mol. The Balaban J connectivity index is 1.35. The highest BCUT2D eigenvalue weighted by molar-refractivity contribution is 5.94. The van der Waals surface area contributed by atoms with Crippen LogP contribution in [0.4, 0.5) is 0 Å². The Labute approximate surface area is 374 Å². The van der Waals surface area contributed by atoms with E-state index in [0.717, 1.165) is 21.4 Å². The van der Waals surface area contributed by atoms with Gasteiger partial charge in [0.1, 0.15) is 12.1 Å². The third-order valence-electron chi connectivity index (χ3n) is 11.0. The highest BCUT2D eigenvalue weighted by Gasteiger charge is 2.49. The van der Waals surface area contributed by atoms with E-state index < -0.39 is 134 Å². The second-order valence-corrected chi connectivity index (χ2v) is 16.1. The van der Waals surface area contributed by atoms with Crippen molar-refractivity contribution in [2.24, 2.45) is 5.92 Å². The summed E-state index contributed by atoms with van der Waals surface area (Å²) in [6.45, 7) is -0.224. The van der Waals surface area contributed by atoms with Crippen LogP contribution >= 0.6 is 0 Å². The normalized spacial score (nSPS) is 26.5. The highest BCUT2D eigenvalue weighted by Crippen LogP contribution is 2.24. The molecule has 7 amide bonds. The molecule has 2 aliphatic rings. The molecule has 3 heterocycles. The highest BCUT2D eigenvalue weighted by atomic mass is 16.3. The van der Waals surface area contributed by atoms with E-state index in [-0.39, 0.29) is 6.42 Å². The van der Waals surface area contributed by atoms with Crippen LogP contribution < -0.4 is 31.9 Å². The summed E-state index contributed by atoms with van der Waals surface area (Å²) in [4.78, 5) is 96.6. The van der Waals surface area contributed by atoms with Crippen molar-refractivity contribution in [2.75, 3.05) is 26.7 Å². The lowest BCUT2D eigenvalue weighted by Crippen LogP contribution is -2.63. The predicted octanol–water partition coefficient (Wildman–Crippen LogP) is -2.24. The van der Waals surface area contributed by atoms with Crippen molar-refractivity contribution in [3.05, 3.63) is 102 Å². The maximum absolute atomic E-state index is 13.6. The van der Waals surface area contributed by atoms with Gasteiger partial charge in [0.05, 0.1) is 56.6 Å². The third kappa shape index (κ3) is 13.9. The standard InChI is InChI=1S/C45H56N8O12/c1-26(12-6-3-4-7-13-27-14-8-5-9-15-27)40(60)41(61)39-42(62)44(64)50-33-20-35(56)52-45(33,65)21-38(59)53(2)25-37(58)49-32(18-28-22-46-31-17-11-10-16-30(28)31)43(63)48-24-36(57)47-23-29(54)19-34(55)51-39/h3-17,22,26,29,32-33,39-42,46,54,60-62,65H,18-21,23-25H2,1-2H3,(H,47,57)(H,48,63)(H,49,58)(H,50,64)(H,51,55)(H,52,56)/b4-3+,12-6+,13-7+/t26-,29+,32-,33-,39-,40+,41+,42-,45-/m1/s1. The van der Waals surface area contributed by atoms with Crippen LogP contribution in [0, 0.1) is 5.92 Å². The first-order chi connectivity index (χ1) is 30.9. The Kier molecular flexibility index (Phi) is 17.3. The molecule has 20 nitrogen and oxygen atoms in total. The van der Waals surface area contributed by atoms with E-state index in [9.17, 15) is 59.1 Å². The van der Waals surface area contributed by atoms with Gasteiger partial charge in [-0.15, -0.1) is 0 Å². The van der Waals surface area contributed by atoms with Gasteiger partial charge in [-0.1, -0.05) is 91.9 Å². The average molecular weight is 901 g/mol. The van der Waals surface area contributed by atoms with Crippen molar-refractivity contribution in [1.82, 2.24) is 41.8 Å². The number of hydrogen-bond acceptors (Lipinski definition) is 12. The number of carbonyl (C=O) groups excluding carboxylic acids is 7. The first kappa shape index (κ1) is 49.3. The van der Waals surface area contributed by atoms with Crippen molar-refractivity contribution >= 4 is 58.3 Å². The molecule has 3 aromatic rings. The molecule has 0 aliphatic carbocycles. The number of aromatic nitrogens is 1. The van der Waals surface area contributed by atoms with Crippen LogP contribution in [-0.4, -0.2) is 152 Å². The van der Waals surface area contributed by atoms with Crippen molar-refractivity contribution in [3.8, 4) is 0 Å². The summed E-state index contributed by atoms with van der Waals surface area (Å²) in [7, 11) is 1.23. The van der Waals surface area contributed by atoms with Gasteiger partial charge < -0.3 is 67.3 Å². The molecule has 0 spiro atoms. The Bertz CT molecular complexity index is 2280. The van der Waals surface area contributed by atoms with Crippen LogP contribution in [0.5, 0.6) is 0 Å². The lowest BCUT2D eigenvalue weighted by atomic mass is 9.91. The number of likely N-dealkylation sites (N-methyl/N-ethyl adjacent to an activating group) is 1. The summed E-state index contributed by atoms with van der Waals surface area (Å²) in [5, 5.41) is 71.1. The minimum atomic E-state index is -2.45. The van der Waals surface area contributed by atoms with Crippen LogP contribution in [0.1, 0.15) is 37.3 Å². The first-order valence-corrected chi connectivity index (χ1v) is 21.0. The van der Waals surface area contributed by atoms with Crippen LogP contribution in [0.25, 0.3) is 17.0 Å². The number of β-amino-alcohol motifs (C(OH)–C–C–N with tert-alkyl or cyclic N) is 1. The fourth-order valence-electron chi connectivity index (χ4n) is 7.33. The van der Waals surface area contributed by atoms with E-state index >= 15 is 0 Å². The van der Waals surface area contributed by atoms with Gasteiger partial charge in [-0.25, -0.2) is 0 Å².